The van der Waals surface area contributed by atoms with Gasteiger partial charge in [0.15, 0.2) is 0 Å². The maximum Gasteiger partial charge on any atom is 0.257 e. The minimum atomic E-state index is -0.750. The summed E-state index contributed by atoms with van der Waals surface area (Å²) in [6.07, 6.45) is 0. The van der Waals surface area contributed by atoms with Gasteiger partial charge in [-0.2, -0.15) is 0 Å². The Balaban J connectivity index is 2.30. The summed E-state index contributed by atoms with van der Waals surface area (Å²) in [5.41, 5.74) is -0.0905. The lowest BCUT2D eigenvalue weighted by Gasteiger charge is -2.09. The van der Waals surface area contributed by atoms with Gasteiger partial charge in [-0.05, 0) is 40.2 Å². The summed E-state index contributed by atoms with van der Waals surface area (Å²) in [5, 5.41) is 2.48. The molecule has 0 radical (unpaired) electrons. The lowest BCUT2D eigenvalue weighted by molar-refractivity contribution is 0.102. The zero-order valence-corrected chi connectivity index (χ0v) is 13.6. The van der Waals surface area contributed by atoms with Crippen LogP contribution in [0.2, 0.25) is 5.02 Å². The second kappa shape index (κ2) is 6.20. The summed E-state index contributed by atoms with van der Waals surface area (Å²) in [6.45, 7) is 0. The van der Waals surface area contributed by atoms with Crippen LogP contribution in [0, 0.1) is 11.6 Å². The van der Waals surface area contributed by atoms with Crippen LogP contribution in [0.25, 0.3) is 0 Å². The van der Waals surface area contributed by atoms with Crippen LogP contribution < -0.4 is 5.32 Å². The van der Waals surface area contributed by atoms with Crippen molar-refractivity contribution in [1.29, 1.82) is 0 Å². The third-order valence-corrected chi connectivity index (χ3v) is 3.85. The molecule has 0 spiro atoms. The summed E-state index contributed by atoms with van der Waals surface area (Å²) < 4.78 is 27.7. The van der Waals surface area contributed by atoms with Crippen molar-refractivity contribution in [2.75, 3.05) is 5.32 Å². The van der Waals surface area contributed by atoms with E-state index in [1.54, 1.807) is 6.07 Å². The molecule has 0 fully saturated rings. The van der Waals surface area contributed by atoms with Crippen molar-refractivity contribution in [1.82, 2.24) is 0 Å². The van der Waals surface area contributed by atoms with Crippen LogP contribution in [0.4, 0.5) is 14.5 Å². The summed E-state index contributed by atoms with van der Waals surface area (Å²) in [6, 6.07) is 6.47. The first-order chi connectivity index (χ1) is 9.38. The van der Waals surface area contributed by atoms with E-state index in [4.69, 9.17) is 11.6 Å². The number of carbonyl (C=O) groups is 1. The molecule has 2 rings (SSSR count). The summed E-state index contributed by atoms with van der Waals surface area (Å²) in [7, 11) is 0. The average Bonchev–Trinajstić information content (AvgIpc) is 2.35. The Hall–Kier alpha value is -0.980. The molecular formula is C13H6Br2ClF2NO. The van der Waals surface area contributed by atoms with Crippen molar-refractivity contribution in [2.45, 2.75) is 0 Å². The highest BCUT2D eigenvalue weighted by Crippen LogP contribution is 2.26. The Bertz CT molecular complexity index is 694. The van der Waals surface area contributed by atoms with Crippen LogP contribution in [0.3, 0.4) is 0 Å². The molecule has 0 aliphatic carbocycles. The van der Waals surface area contributed by atoms with Gasteiger partial charge < -0.3 is 5.32 Å². The van der Waals surface area contributed by atoms with Crippen LogP contribution >= 0.6 is 43.5 Å². The van der Waals surface area contributed by atoms with Crippen molar-refractivity contribution >= 4 is 55.1 Å². The van der Waals surface area contributed by atoms with Gasteiger partial charge in [-0.15, -0.1) is 0 Å². The molecule has 2 nitrogen and oxygen atoms in total. The number of nitrogens with one attached hydrogen (secondary N) is 1. The first-order valence-corrected chi connectivity index (χ1v) is 7.26. The van der Waals surface area contributed by atoms with Crippen molar-refractivity contribution in [3.8, 4) is 0 Å². The first-order valence-electron chi connectivity index (χ1n) is 5.29. The van der Waals surface area contributed by atoms with Crippen LogP contribution in [0.15, 0.2) is 39.3 Å². The monoisotopic (exact) mass is 423 g/mol. The normalized spacial score (nSPS) is 10.4. The van der Waals surface area contributed by atoms with Gasteiger partial charge >= 0.3 is 0 Å². The van der Waals surface area contributed by atoms with Crippen molar-refractivity contribution in [2.24, 2.45) is 0 Å². The lowest BCUT2D eigenvalue weighted by Crippen LogP contribution is -2.13. The van der Waals surface area contributed by atoms with Crippen molar-refractivity contribution in [3.05, 3.63) is 61.5 Å². The molecule has 0 bridgehead atoms. The molecule has 1 N–H and O–H groups in total. The van der Waals surface area contributed by atoms with Crippen LogP contribution in [-0.2, 0) is 0 Å². The lowest BCUT2D eigenvalue weighted by atomic mass is 10.2. The SMILES string of the molecule is O=C(Nc1cc(F)c(Br)cc1F)c1ccc(Br)cc1Cl. The van der Waals surface area contributed by atoms with Gasteiger partial charge in [0.2, 0.25) is 0 Å². The topological polar surface area (TPSA) is 29.1 Å². The van der Waals surface area contributed by atoms with E-state index in [1.165, 1.54) is 12.1 Å². The molecule has 2 aromatic carbocycles. The van der Waals surface area contributed by atoms with Crippen molar-refractivity contribution < 1.29 is 13.6 Å². The molecule has 0 saturated heterocycles. The molecule has 0 unspecified atom stereocenters. The summed E-state index contributed by atoms with van der Waals surface area (Å²) in [5.74, 6) is -2.05. The second-order valence-corrected chi connectivity index (χ2v) is 6.00. The quantitative estimate of drug-likeness (QED) is 0.642. The third-order valence-electron chi connectivity index (χ3n) is 2.43. The Morgan fingerprint density at radius 2 is 1.80 bits per heavy atom. The Kier molecular flexibility index (Phi) is 4.78. The number of amides is 1. The molecule has 104 valence electrons. The predicted molar refractivity (Wildman–Crippen MR) is 81.2 cm³/mol. The van der Waals surface area contributed by atoms with E-state index in [0.29, 0.717) is 4.47 Å². The number of anilines is 1. The second-order valence-electron chi connectivity index (χ2n) is 3.82. The molecule has 1 amide bonds. The smallest absolute Gasteiger partial charge is 0.257 e. The number of hydrogen-bond donors (Lipinski definition) is 1. The van der Waals surface area contributed by atoms with Crippen LogP contribution in [0.5, 0.6) is 0 Å². The molecule has 0 saturated carbocycles. The Labute approximate surface area is 135 Å². The number of rotatable bonds is 2. The van der Waals surface area contributed by atoms with E-state index in [0.717, 1.165) is 12.1 Å². The fraction of sp³-hybridized carbons (Fsp3) is 0. The van der Waals surface area contributed by atoms with Gasteiger partial charge in [-0.1, -0.05) is 27.5 Å². The summed E-state index contributed by atoms with van der Waals surface area (Å²) in [4.78, 5) is 12.0. The third kappa shape index (κ3) is 3.37. The zero-order chi connectivity index (χ0) is 14.9. The number of hydrogen-bond acceptors (Lipinski definition) is 1. The predicted octanol–water partition coefficient (Wildman–Crippen LogP) is 5.40. The molecule has 0 aliphatic heterocycles. The highest BCUT2D eigenvalue weighted by Gasteiger charge is 2.15. The molecule has 20 heavy (non-hydrogen) atoms. The standard InChI is InChI=1S/C13H6Br2ClF2NO/c14-6-1-2-7(9(16)3-6)13(20)19-12-5-10(17)8(15)4-11(12)18/h1-5H,(H,19,20). The molecule has 0 aliphatic rings. The van der Waals surface area contributed by atoms with Gasteiger partial charge in [-0.25, -0.2) is 8.78 Å². The van der Waals surface area contributed by atoms with Crippen molar-refractivity contribution in [3.63, 3.8) is 0 Å². The fourth-order valence-corrected chi connectivity index (χ4v) is 2.56. The average molecular weight is 425 g/mol. The number of benzene rings is 2. The minimum Gasteiger partial charge on any atom is -0.319 e. The van der Waals surface area contributed by atoms with E-state index in [2.05, 4.69) is 37.2 Å². The Morgan fingerprint density at radius 3 is 2.45 bits per heavy atom. The molecule has 0 atom stereocenters. The highest BCUT2D eigenvalue weighted by molar-refractivity contribution is 9.10. The summed E-state index contributed by atoms with van der Waals surface area (Å²) >= 11 is 12.0. The van der Waals surface area contributed by atoms with E-state index < -0.39 is 17.5 Å². The van der Waals surface area contributed by atoms with E-state index in [9.17, 15) is 13.6 Å². The maximum absolute atomic E-state index is 13.6. The van der Waals surface area contributed by atoms with E-state index in [-0.39, 0.29) is 20.7 Å². The van der Waals surface area contributed by atoms with Gasteiger partial charge in [0.1, 0.15) is 11.6 Å². The van der Waals surface area contributed by atoms with E-state index in [1.807, 2.05) is 0 Å². The number of carbonyl (C=O) groups excluding carboxylic acids is 1. The largest absolute Gasteiger partial charge is 0.319 e. The Morgan fingerprint density at radius 1 is 1.10 bits per heavy atom. The van der Waals surface area contributed by atoms with E-state index >= 15 is 0 Å². The molecular weight excluding hydrogens is 419 g/mol. The van der Waals surface area contributed by atoms with Gasteiger partial charge in [-0.3, -0.25) is 4.79 Å². The highest BCUT2D eigenvalue weighted by atomic mass is 79.9. The number of halogens is 5. The van der Waals surface area contributed by atoms with Crippen LogP contribution in [-0.4, -0.2) is 5.91 Å². The zero-order valence-electron chi connectivity index (χ0n) is 9.68. The minimum absolute atomic E-state index is 0.0188. The van der Waals surface area contributed by atoms with Crippen LogP contribution in [0.1, 0.15) is 10.4 Å². The van der Waals surface area contributed by atoms with Gasteiger partial charge in [0.05, 0.1) is 20.7 Å². The molecule has 0 heterocycles. The first kappa shape index (κ1) is 15.4. The molecule has 2 aromatic rings. The molecule has 0 aromatic heterocycles. The molecule has 7 heteroatoms. The van der Waals surface area contributed by atoms with Gasteiger partial charge in [0, 0.05) is 10.5 Å². The van der Waals surface area contributed by atoms with Gasteiger partial charge in [0.25, 0.3) is 5.91 Å². The fourth-order valence-electron chi connectivity index (χ4n) is 1.48. The maximum atomic E-state index is 13.6.